The summed E-state index contributed by atoms with van der Waals surface area (Å²) in [7, 11) is 0. The second kappa shape index (κ2) is 5.95. The van der Waals surface area contributed by atoms with E-state index in [1.54, 1.807) is 0 Å². The van der Waals surface area contributed by atoms with Crippen molar-refractivity contribution >= 4 is 12.0 Å². The minimum absolute atomic E-state index is 0.0816. The van der Waals surface area contributed by atoms with Crippen LogP contribution in [-0.2, 0) is 4.79 Å². The lowest BCUT2D eigenvalue weighted by Gasteiger charge is -2.16. The van der Waals surface area contributed by atoms with E-state index in [0.29, 0.717) is 0 Å². The molecule has 0 saturated heterocycles. The van der Waals surface area contributed by atoms with E-state index in [-0.39, 0.29) is 12.5 Å². The quantitative estimate of drug-likeness (QED) is 0.610. The van der Waals surface area contributed by atoms with E-state index in [2.05, 4.69) is 17.2 Å². The van der Waals surface area contributed by atoms with Gasteiger partial charge in [0.2, 0.25) is 0 Å². The average Bonchev–Trinajstić information content (AvgIpc) is 2.69. The third-order valence-corrected chi connectivity index (χ3v) is 2.35. The van der Waals surface area contributed by atoms with Crippen LogP contribution >= 0.6 is 0 Å². The number of amides is 2. The predicted molar refractivity (Wildman–Crippen MR) is 60.1 cm³/mol. The molecule has 0 saturated carbocycles. The normalized spacial score (nSPS) is 16.8. The van der Waals surface area contributed by atoms with Crippen LogP contribution < -0.4 is 10.6 Å². The third kappa shape index (κ3) is 3.76. The van der Waals surface area contributed by atoms with E-state index < -0.39 is 18.0 Å². The Hall–Kier alpha value is -1.78. The first-order chi connectivity index (χ1) is 7.63. The van der Waals surface area contributed by atoms with E-state index in [1.807, 2.05) is 12.2 Å². The highest BCUT2D eigenvalue weighted by molar-refractivity contribution is 5.82. The van der Waals surface area contributed by atoms with Crippen molar-refractivity contribution in [2.75, 3.05) is 0 Å². The number of hydrogen-bond acceptors (Lipinski definition) is 2. The summed E-state index contributed by atoms with van der Waals surface area (Å²) in [5, 5.41) is 13.9. The van der Waals surface area contributed by atoms with E-state index in [0.717, 1.165) is 12.8 Å². The first-order valence-electron chi connectivity index (χ1n) is 5.19. The van der Waals surface area contributed by atoms with Gasteiger partial charge in [0.15, 0.2) is 0 Å². The summed E-state index contributed by atoms with van der Waals surface area (Å²) in [5.41, 5.74) is 0. The first-order valence-corrected chi connectivity index (χ1v) is 5.19. The molecule has 0 radical (unpaired) electrons. The van der Waals surface area contributed by atoms with E-state index in [4.69, 9.17) is 5.11 Å². The number of carbonyl (C=O) groups excluding carboxylic acids is 1. The van der Waals surface area contributed by atoms with E-state index in [1.165, 1.54) is 6.08 Å². The van der Waals surface area contributed by atoms with Crippen LogP contribution in [0.1, 0.15) is 19.3 Å². The summed E-state index contributed by atoms with van der Waals surface area (Å²) in [5.74, 6) is -1.06. The molecule has 5 nitrogen and oxygen atoms in total. The van der Waals surface area contributed by atoms with Gasteiger partial charge < -0.3 is 15.7 Å². The van der Waals surface area contributed by atoms with Gasteiger partial charge in [-0.3, -0.25) is 0 Å². The van der Waals surface area contributed by atoms with Crippen molar-refractivity contribution in [3.05, 3.63) is 24.8 Å². The van der Waals surface area contributed by atoms with Gasteiger partial charge in [-0.2, -0.15) is 0 Å². The van der Waals surface area contributed by atoms with Crippen molar-refractivity contribution in [1.29, 1.82) is 0 Å². The molecule has 1 unspecified atom stereocenters. The monoisotopic (exact) mass is 224 g/mol. The molecule has 0 aliphatic heterocycles. The maximum Gasteiger partial charge on any atom is 0.326 e. The lowest BCUT2D eigenvalue weighted by atomic mass is 10.2. The fourth-order valence-corrected chi connectivity index (χ4v) is 1.51. The number of carboxylic acid groups (broad SMARTS) is 1. The topological polar surface area (TPSA) is 78.4 Å². The summed E-state index contributed by atoms with van der Waals surface area (Å²) < 4.78 is 0. The van der Waals surface area contributed by atoms with Crippen molar-refractivity contribution in [2.45, 2.75) is 31.3 Å². The molecule has 0 bridgehead atoms. The van der Waals surface area contributed by atoms with Crippen LogP contribution in [-0.4, -0.2) is 29.2 Å². The van der Waals surface area contributed by atoms with E-state index in [9.17, 15) is 9.59 Å². The number of carboxylic acids is 1. The zero-order valence-corrected chi connectivity index (χ0v) is 8.98. The molecule has 1 aliphatic rings. The summed E-state index contributed by atoms with van der Waals surface area (Å²) in [4.78, 5) is 22.2. The molecule has 1 aliphatic carbocycles. The highest BCUT2D eigenvalue weighted by Gasteiger charge is 2.20. The average molecular weight is 224 g/mol. The van der Waals surface area contributed by atoms with Gasteiger partial charge in [0, 0.05) is 6.04 Å². The molecule has 3 N–H and O–H groups in total. The smallest absolute Gasteiger partial charge is 0.326 e. The van der Waals surface area contributed by atoms with Gasteiger partial charge in [-0.25, -0.2) is 9.59 Å². The van der Waals surface area contributed by atoms with Crippen molar-refractivity contribution < 1.29 is 14.7 Å². The summed E-state index contributed by atoms with van der Waals surface area (Å²) in [6, 6.07) is -1.27. The van der Waals surface area contributed by atoms with Crippen LogP contribution in [0.2, 0.25) is 0 Å². The third-order valence-electron chi connectivity index (χ3n) is 2.35. The minimum atomic E-state index is -1.06. The molecule has 0 heterocycles. The van der Waals surface area contributed by atoms with Gasteiger partial charge in [-0.1, -0.05) is 18.2 Å². The Morgan fingerprint density at radius 2 is 2.12 bits per heavy atom. The van der Waals surface area contributed by atoms with Gasteiger partial charge in [0.05, 0.1) is 0 Å². The molecular formula is C11H16N2O3. The second-order valence-electron chi connectivity index (χ2n) is 3.67. The molecule has 2 amide bonds. The van der Waals surface area contributed by atoms with Gasteiger partial charge in [-0.15, -0.1) is 6.58 Å². The van der Waals surface area contributed by atoms with Crippen LogP contribution in [0.25, 0.3) is 0 Å². The number of rotatable bonds is 5. The molecule has 0 aromatic carbocycles. The van der Waals surface area contributed by atoms with Crippen LogP contribution in [0, 0.1) is 0 Å². The molecule has 16 heavy (non-hydrogen) atoms. The van der Waals surface area contributed by atoms with Crippen molar-refractivity contribution in [2.24, 2.45) is 0 Å². The largest absolute Gasteiger partial charge is 0.480 e. The van der Waals surface area contributed by atoms with Crippen LogP contribution in [0.15, 0.2) is 24.8 Å². The molecule has 0 spiro atoms. The van der Waals surface area contributed by atoms with Gasteiger partial charge >= 0.3 is 12.0 Å². The Kier molecular flexibility index (Phi) is 4.57. The Morgan fingerprint density at radius 1 is 1.50 bits per heavy atom. The zero-order chi connectivity index (χ0) is 12.0. The molecule has 1 atom stereocenters. The molecule has 5 heteroatoms. The Bertz CT molecular complexity index is 304. The van der Waals surface area contributed by atoms with Gasteiger partial charge in [0.25, 0.3) is 0 Å². The maximum atomic E-state index is 11.4. The minimum Gasteiger partial charge on any atom is -0.480 e. The Morgan fingerprint density at radius 3 is 2.62 bits per heavy atom. The van der Waals surface area contributed by atoms with Crippen LogP contribution in [0.4, 0.5) is 4.79 Å². The standard InChI is InChI=1S/C11H16N2O3/c1-2-5-9(10(14)15)13-11(16)12-8-6-3-4-7-8/h2-4,8-9H,1,5-7H2,(H,14,15)(H2,12,13,16). The second-order valence-corrected chi connectivity index (χ2v) is 3.67. The molecule has 0 aromatic heterocycles. The lowest BCUT2D eigenvalue weighted by Crippen LogP contribution is -2.48. The van der Waals surface area contributed by atoms with Crippen molar-refractivity contribution in [1.82, 2.24) is 10.6 Å². The number of hydrogen-bond donors (Lipinski definition) is 3. The summed E-state index contributed by atoms with van der Waals surface area (Å²) in [6.45, 7) is 3.45. The first kappa shape index (κ1) is 12.3. The highest BCUT2D eigenvalue weighted by atomic mass is 16.4. The molecule has 1 rings (SSSR count). The van der Waals surface area contributed by atoms with Crippen molar-refractivity contribution in [3.63, 3.8) is 0 Å². The lowest BCUT2D eigenvalue weighted by molar-refractivity contribution is -0.139. The van der Waals surface area contributed by atoms with Crippen LogP contribution in [0.3, 0.4) is 0 Å². The van der Waals surface area contributed by atoms with Crippen LogP contribution in [0.5, 0.6) is 0 Å². The molecule has 0 fully saturated rings. The molecule has 88 valence electrons. The van der Waals surface area contributed by atoms with Crippen molar-refractivity contribution in [3.8, 4) is 0 Å². The molecule has 0 aromatic rings. The maximum absolute atomic E-state index is 11.4. The number of nitrogens with one attached hydrogen (secondary N) is 2. The summed E-state index contributed by atoms with van der Waals surface area (Å²) in [6.07, 6.45) is 7.26. The molecular weight excluding hydrogens is 208 g/mol. The SMILES string of the molecule is C=CCC(NC(=O)NC1CC=CC1)C(=O)O. The Labute approximate surface area is 94.2 Å². The Balaban J connectivity index is 2.35. The van der Waals surface area contributed by atoms with Gasteiger partial charge in [0.1, 0.15) is 6.04 Å². The van der Waals surface area contributed by atoms with E-state index >= 15 is 0 Å². The summed E-state index contributed by atoms with van der Waals surface area (Å²) >= 11 is 0. The highest BCUT2D eigenvalue weighted by Crippen LogP contribution is 2.08. The predicted octanol–water partition coefficient (Wildman–Crippen LogP) is 1.03. The number of aliphatic carboxylic acids is 1. The number of urea groups is 1. The van der Waals surface area contributed by atoms with Gasteiger partial charge in [-0.05, 0) is 19.3 Å². The zero-order valence-electron chi connectivity index (χ0n) is 8.98. The fraction of sp³-hybridized carbons (Fsp3) is 0.455. The fourth-order valence-electron chi connectivity index (χ4n) is 1.51. The number of carbonyl (C=O) groups is 2.